The van der Waals surface area contributed by atoms with Crippen molar-refractivity contribution >= 4 is 22.8 Å². The van der Waals surface area contributed by atoms with Crippen LogP contribution >= 0.6 is 0 Å². The number of pyridine rings is 1. The number of aliphatic hydroxyl groups excluding tert-OH is 1. The Morgan fingerprint density at radius 3 is 2.86 bits per heavy atom. The Bertz CT molecular complexity index is 616. The number of nitrogens with two attached hydrogens (primary N) is 1. The van der Waals surface area contributed by atoms with Crippen LogP contribution in [0.15, 0.2) is 18.3 Å². The third kappa shape index (κ3) is 3.39. The monoisotopic (exact) mass is 289 g/mol. The van der Waals surface area contributed by atoms with Gasteiger partial charge in [-0.1, -0.05) is 19.8 Å². The predicted molar refractivity (Wildman–Crippen MR) is 85.0 cm³/mol. The maximum Gasteiger partial charge on any atom is 0.222 e. The highest BCUT2D eigenvalue weighted by Crippen LogP contribution is 2.27. The van der Waals surface area contributed by atoms with Crippen LogP contribution in [-0.4, -0.2) is 31.7 Å². The molecule has 0 aliphatic carbocycles. The molecule has 2 unspecified atom stereocenters. The fraction of sp³-hybridized carbons (Fsp3) is 0.533. The lowest BCUT2D eigenvalue weighted by Crippen LogP contribution is -2.45. The third-order valence-corrected chi connectivity index (χ3v) is 3.85. The van der Waals surface area contributed by atoms with Crippen LogP contribution < -0.4 is 11.1 Å². The molecule has 0 saturated carbocycles. The van der Waals surface area contributed by atoms with Crippen molar-refractivity contribution in [2.24, 2.45) is 0 Å². The molecule has 4 N–H and O–H groups in total. The molecule has 0 saturated heterocycles. The summed E-state index contributed by atoms with van der Waals surface area (Å²) in [5.74, 6) is 0.763. The van der Waals surface area contributed by atoms with Gasteiger partial charge in [-0.25, -0.2) is 4.98 Å². The van der Waals surface area contributed by atoms with E-state index in [0.29, 0.717) is 16.9 Å². The minimum Gasteiger partial charge on any atom is -0.391 e. The Morgan fingerprint density at radius 2 is 2.19 bits per heavy atom. The standard InChI is InChI=1S/C15H23N5O/c1-4-5-8-15(3,10(2)21)20-13-12-11(7-6-9-17-12)18-14(16)19-13/h6-7,9-10,21H,4-5,8H2,1-3H3,(H3,16,18,19,20). The summed E-state index contributed by atoms with van der Waals surface area (Å²) in [4.78, 5) is 12.8. The number of hydrogen-bond acceptors (Lipinski definition) is 6. The van der Waals surface area contributed by atoms with E-state index in [1.54, 1.807) is 13.1 Å². The molecule has 2 heterocycles. The number of unbranched alkanes of at least 4 members (excludes halogenated alkanes) is 1. The molecule has 0 amide bonds. The highest BCUT2D eigenvalue weighted by molar-refractivity contribution is 5.86. The smallest absolute Gasteiger partial charge is 0.222 e. The zero-order valence-electron chi connectivity index (χ0n) is 12.8. The number of nitrogens with one attached hydrogen (secondary N) is 1. The van der Waals surface area contributed by atoms with Gasteiger partial charge in [0.1, 0.15) is 5.52 Å². The Labute approximate surface area is 124 Å². The molecule has 2 rings (SSSR count). The van der Waals surface area contributed by atoms with E-state index in [-0.39, 0.29) is 5.95 Å². The van der Waals surface area contributed by atoms with Crippen molar-refractivity contribution < 1.29 is 5.11 Å². The van der Waals surface area contributed by atoms with Gasteiger partial charge in [-0.15, -0.1) is 0 Å². The van der Waals surface area contributed by atoms with E-state index in [4.69, 9.17) is 5.73 Å². The first kappa shape index (κ1) is 15.4. The quantitative estimate of drug-likeness (QED) is 0.755. The first-order valence-electron chi connectivity index (χ1n) is 7.31. The van der Waals surface area contributed by atoms with Crippen LogP contribution in [-0.2, 0) is 0 Å². The molecule has 114 valence electrons. The molecule has 21 heavy (non-hydrogen) atoms. The van der Waals surface area contributed by atoms with Crippen LogP contribution in [0.4, 0.5) is 11.8 Å². The number of rotatable bonds is 6. The predicted octanol–water partition coefficient (Wildman–Crippen LogP) is 2.35. The van der Waals surface area contributed by atoms with Gasteiger partial charge >= 0.3 is 0 Å². The molecule has 2 aromatic rings. The average Bonchev–Trinajstić information content (AvgIpc) is 2.44. The number of fused-ring (bicyclic) bond motifs is 1. The number of anilines is 2. The van der Waals surface area contributed by atoms with Crippen LogP contribution in [0.3, 0.4) is 0 Å². The zero-order chi connectivity index (χ0) is 15.5. The molecular formula is C15H23N5O. The summed E-state index contributed by atoms with van der Waals surface area (Å²) < 4.78 is 0. The number of nitrogen functional groups attached to an aromatic ring is 1. The molecule has 0 spiro atoms. The molecule has 2 atom stereocenters. The summed E-state index contributed by atoms with van der Waals surface area (Å²) >= 11 is 0. The maximum atomic E-state index is 10.1. The molecule has 0 aromatic carbocycles. The topological polar surface area (TPSA) is 97.0 Å². The van der Waals surface area contributed by atoms with Crippen molar-refractivity contribution in [3.8, 4) is 0 Å². The fourth-order valence-corrected chi connectivity index (χ4v) is 2.26. The normalized spacial score (nSPS) is 15.6. The summed E-state index contributed by atoms with van der Waals surface area (Å²) in [7, 11) is 0. The van der Waals surface area contributed by atoms with Gasteiger partial charge in [0.2, 0.25) is 5.95 Å². The largest absolute Gasteiger partial charge is 0.391 e. The SMILES string of the molecule is CCCCC(C)(Nc1nc(N)nc2cccnc12)C(C)O. The van der Waals surface area contributed by atoms with Gasteiger partial charge < -0.3 is 16.2 Å². The van der Waals surface area contributed by atoms with Crippen molar-refractivity contribution in [1.29, 1.82) is 0 Å². The van der Waals surface area contributed by atoms with E-state index in [9.17, 15) is 5.11 Å². The lowest BCUT2D eigenvalue weighted by molar-refractivity contribution is 0.116. The summed E-state index contributed by atoms with van der Waals surface area (Å²) in [6.07, 6.45) is 4.08. The summed E-state index contributed by atoms with van der Waals surface area (Å²) in [5, 5.41) is 13.5. The Kier molecular flexibility index (Phi) is 4.57. The Morgan fingerprint density at radius 1 is 1.43 bits per heavy atom. The van der Waals surface area contributed by atoms with Crippen molar-refractivity contribution in [2.75, 3.05) is 11.1 Å². The van der Waals surface area contributed by atoms with Gasteiger partial charge in [0.15, 0.2) is 5.82 Å². The van der Waals surface area contributed by atoms with E-state index >= 15 is 0 Å². The van der Waals surface area contributed by atoms with Crippen molar-refractivity contribution in [3.63, 3.8) is 0 Å². The minimum atomic E-state index is -0.529. The van der Waals surface area contributed by atoms with Gasteiger partial charge in [-0.05, 0) is 32.4 Å². The van der Waals surface area contributed by atoms with E-state index in [1.165, 1.54) is 0 Å². The molecule has 0 radical (unpaired) electrons. The highest BCUT2D eigenvalue weighted by atomic mass is 16.3. The first-order valence-corrected chi connectivity index (χ1v) is 7.31. The second-order valence-electron chi connectivity index (χ2n) is 5.62. The van der Waals surface area contributed by atoms with Crippen LogP contribution in [0.5, 0.6) is 0 Å². The first-order chi connectivity index (χ1) is 9.96. The number of nitrogens with zero attached hydrogens (tertiary/aromatic N) is 3. The molecule has 0 fully saturated rings. The highest BCUT2D eigenvalue weighted by Gasteiger charge is 2.30. The summed E-state index contributed by atoms with van der Waals surface area (Å²) in [5.41, 5.74) is 6.64. The van der Waals surface area contributed by atoms with E-state index in [2.05, 4.69) is 27.2 Å². The van der Waals surface area contributed by atoms with Gasteiger partial charge in [-0.2, -0.15) is 4.98 Å². The lowest BCUT2D eigenvalue weighted by Gasteiger charge is -2.34. The number of aliphatic hydroxyl groups is 1. The summed E-state index contributed by atoms with van der Waals surface area (Å²) in [6, 6.07) is 3.65. The molecule has 0 aliphatic rings. The number of aromatic nitrogens is 3. The molecule has 0 bridgehead atoms. The van der Waals surface area contributed by atoms with Crippen LogP contribution in [0.1, 0.15) is 40.0 Å². The maximum absolute atomic E-state index is 10.1. The number of hydrogen-bond donors (Lipinski definition) is 3. The molecular weight excluding hydrogens is 266 g/mol. The lowest BCUT2D eigenvalue weighted by atomic mass is 9.89. The molecule has 6 heteroatoms. The van der Waals surface area contributed by atoms with E-state index in [0.717, 1.165) is 19.3 Å². The fourth-order valence-electron chi connectivity index (χ4n) is 2.26. The molecule has 2 aromatic heterocycles. The third-order valence-electron chi connectivity index (χ3n) is 3.85. The zero-order valence-corrected chi connectivity index (χ0v) is 12.8. The van der Waals surface area contributed by atoms with Crippen molar-refractivity contribution in [1.82, 2.24) is 15.0 Å². The molecule has 0 aliphatic heterocycles. The Hall–Kier alpha value is -1.95. The van der Waals surface area contributed by atoms with Crippen molar-refractivity contribution in [3.05, 3.63) is 18.3 Å². The second-order valence-corrected chi connectivity index (χ2v) is 5.62. The average molecular weight is 289 g/mol. The summed E-state index contributed by atoms with van der Waals surface area (Å²) in [6.45, 7) is 5.89. The molecule has 6 nitrogen and oxygen atoms in total. The van der Waals surface area contributed by atoms with Gasteiger partial charge in [0.25, 0.3) is 0 Å². The van der Waals surface area contributed by atoms with E-state index < -0.39 is 11.6 Å². The van der Waals surface area contributed by atoms with Crippen LogP contribution in [0.25, 0.3) is 11.0 Å². The van der Waals surface area contributed by atoms with Gasteiger partial charge in [-0.3, -0.25) is 4.98 Å². The Balaban J connectivity index is 2.41. The van der Waals surface area contributed by atoms with E-state index in [1.807, 2.05) is 19.1 Å². The minimum absolute atomic E-state index is 0.196. The van der Waals surface area contributed by atoms with Crippen molar-refractivity contribution in [2.45, 2.75) is 51.7 Å². The van der Waals surface area contributed by atoms with Crippen LogP contribution in [0, 0.1) is 0 Å². The van der Waals surface area contributed by atoms with Gasteiger partial charge in [0, 0.05) is 6.20 Å². The van der Waals surface area contributed by atoms with Crippen LogP contribution in [0.2, 0.25) is 0 Å². The van der Waals surface area contributed by atoms with Gasteiger partial charge in [0.05, 0.1) is 17.2 Å². The second kappa shape index (κ2) is 6.22.